The van der Waals surface area contributed by atoms with Crippen molar-refractivity contribution in [1.29, 1.82) is 0 Å². The number of aliphatic hydroxyl groups is 1. The summed E-state index contributed by atoms with van der Waals surface area (Å²) in [6.45, 7) is 4.60. The molecule has 54 valence electrons. The molecule has 2 heteroatoms. The molecule has 0 aromatic heterocycles. The van der Waals surface area contributed by atoms with E-state index in [9.17, 15) is 5.11 Å². The van der Waals surface area contributed by atoms with Crippen LogP contribution in [0.15, 0.2) is 0 Å². The Bertz CT molecular complexity index is 109. The Kier molecular flexibility index (Phi) is 1.53. The molecule has 0 radical (unpaired) electrons. The summed E-state index contributed by atoms with van der Waals surface area (Å²) in [6.07, 6.45) is 0.874. The van der Waals surface area contributed by atoms with Gasteiger partial charge in [-0.15, -0.1) is 0 Å². The first-order valence-electron chi connectivity index (χ1n) is 3.51. The van der Waals surface area contributed by atoms with Gasteiger partial charge in [0.15, 0.2) is 0 Å². The molecule has 0 saturated heterocycles. The Balaban J connectivity index is 2.52. The lowest BCUT2D eigenvalue weighted by atomic mass is 9.98. The molecule has 3 unspecified atom stereocenters. The minimum absolute atomic E-state index is 0.0833. The molecule has 9 heavy (non-hydrogen) atoms. The molecule has 0 aromatic rings. The van der Waals surface area contributed by atoms with Crippen LogP contribution in [0.2, 0.25) is 0 Å². The van der Waals surface area contributed by atoms with Crippen molar-refractivity contribution in [1.82, 2.24) is 0 Å². The van der Waals surface area contributed by atoms with E-state index in [1.54, 1.807) is 0 Å². The van der Waals surface area contributed by atoms with E-state index >= 15 is 0 Å². The standard InChI is InChI=1S/C7H15NO/c1-5-3-7(5,4-8)6(2)9/h5-6,9H,3-4,8H2,1-2H3. The largest absolute Gasteiger partial charge is 0.393 e. The summed E-state index contributed by atoms with van der Waals surface area (Å²) in [4.78, 5) is 0. The average molecular weight is 129 g/mol. The van der Waals surface area contributed by atoms with Gasteiger partial charge in [-0.2, -0.15) is 0 Å². The zero-order chi connectivity index (χ0) is 7.07. The molecule has 1 aliphatic rings. The fourth-order valence-corrected chi connectivity index (χ4v) is 1.55. The first kappa shape index (κ1) is 7.03. The number of rotatable bonds is 2. The monoisotopic (exact) mass is 129 g/mol. The molecule has 1 fully saturated rings. The number of hydrogen-bond acceptors (Lipinski definition) is 2. The maximum absolute atomic E-state index is 9.23. The highest BCUT2D eigenvalue weighted by atomic mass is 16.3. The molecular weight excluding hydrogens is 114 g/mol. The summed E-state index contributed by atoms with van der Waals surface area (Å²) in [5, 5.41) is 9.23. The van der Waals surface area contributed by atoms with E-state index in [1.807, 2.05) is 6.92 Å². The Morgan fingerprint density at radius 2 is 2.33 bits per heavy atom. The van der Waals surface area contributed by atoms with Crippen LogP contribution < -0.4 is 5.73 Å². The highest BCUT2D eigenvalue weighted by molar-refractivity contribution is 5.03. The van der Waals surface area contributed by atoms with E-state index in [0.29, 0.717) is 12.5 Å². The highest BCUT2D eigenvalue weighted by Gasteiger charge is 2.53. The third-order valence-electron chi connectivity index (χ3n) is 2.72. The van der Waals surface area contributed by atoms with Crippen LogP contribution in [0, 0.1) is 11.3 Å². The van der Waals surface area contributed by atoms with E-state index in [0.717, 1.165) is 6.42 Å². The van der Waals surface area contributed by atoms with Crippen molar-refractivity contribution in [3.05, 3.63) is 0 Å². The fraction of sp³-hybridized carbons (Fsp3) is 1.00. The molecule has 0 aromatic carbocycles. The first-order chi connectivity index (χ1) is 4.13. The van der Waals surface area contributed by atoms with Gasteiger partial charge in [-0.1, -0.05) is 6.92 Å². The zero-order valence-corrected chi connectivity index (χ0v) is 6.09. The summed E-state index contributed by atoms with van der Waals surface area (Å²) in [5.41, 5.74) is 5.58. The Morgan fingerprint density at radius 1 is 1.89 bits per heavy atom. The van der Waals surface area contributed by atoms with Crippen molar-refractivity contribution >= 4 is 0 Å². The molecule has 3 atom stereocenters. The summed E-state index contributed by atoms with van der Waals surface area (Å²) in [5.74, 6) is 0.627. The van der Waals surface area contributed by atoms with Gasteiger partial charge < -0.3 is 10.8 Å². The molecule has 1 saturated carbocycles. The molecular formula is C7H15NO. The van der Waals surface area contributed by atoms with Crippen LogP contribution in [-0.4, -0.2) is 17.8 Å². The van der Waals surface area contributed by atoms with Gasteiger partial charge in [-0.25, -0.2) is 0 Å². The highest BCUT2D eigenvalue weighted by Crippen LogP contribution is 2.53. The fourth-order valence-electron chi connectivity index (χ4n) is 1.55. The smallest absolute Gasteiger partial charge is 0.0583 e. The predicted molar refractivity (Wildman–Crippen MR) is 36.9 cm³/mol. The van der Waals surface area contributed by atoms with Crippen LogP contribution in [0.5, 0.6) is 0 Å². The molecule has 0 aliphatic heterocycles. The van der Waals surface area contributed by atoms with Crippen molar-refractivity contribution in [2.45, 2.75) is 26.4 Å². The average Bonchev–Trinajstić information content (AvgIpc) is 2.43. The van der Waals surface area contributed by atoms with Crippen molar-refractivity contribution in [3.8, 4) is 0 Å². The minimum Gasteiger partial charge on any atom is -0.393 e. The minimum atomic E-state index is -0.225. The maximum atomic E-state index is 9.23. The Morgan fingerprint density at radius 3 is 2.33 bits per heavy atom. The Labute approximate surface area is 56.1 Å². The number of hydrogen-bond donors (Lipinski definition) is 2. The van der Waals surface area contributed by atoms with E-state index in [2.05, 4.69) is 6.92 Å². The van der Waals surface area contributed by atoms with Gasteiger partial charge in [0.2, 0.25) is 0 Å². The van der Waals surface area contributed by atoms with E-state index < -0.39 is 0 Å². The maximum Gasteiger partial charge on any atom is 0.0583 e. The van der Waals surface area contributed by atoms with Crippen molar-refractivity contribution in [2.75, 3.05) is 6.54 Å². The molecule has 2 nitrogen and oxygen atoms in total. The predicted octanol–water partition coefficient (Wildman–Crippen LogP) is 0.352. The van der Waals surface area contributed by atoms with Crippen LogP contribution in [0.3, 0.4) is 0 Å². The second kappa shape index (κ2) is 1.96. The van der Waals surface area contributed by atoms with Crippen LogP contribution >= 0.6 is 0 Å². The van der Waals surface area contributed by atoms with E-state index in [-0.39, 0.29) is 11.5 Å². The molecule has 0 spiro atoms. The van der Waals surface area contributed by atoms with Crippen LogP contribution in [0.25, 0.3) is 0 Å². The Hall–Kier alpha value is -0.0800. The zero-order valence-electron chi connectivity index (χ0n) is 6.09. The number of nitrogens with two attached hydrogens (primary N) is 1. The molecule has 1 aliphatic carbocycles. The molecule has 0 amide bonds. The normalized spacial score (nSPS) is 44.7. The topological polar surface area (TPSA) is 46.2 Å². The number of aliphatic hydroxyl groups excluding tert-OH is 1. The van der Waals surface area contributed by atoms with Crippen molar-refractivity contribution in [3.63, 3.8) is 0 Å². The van der Waals surface area contributed by atoms with Crippen molar-refractivity contribution < 1.29 is 5.11 Å². The van der Waals surface area contributed by atoms with Gasteiger partial charge in [-0.05, 0) is 19.3 Å². The lowest BCUT2D eigenvalue weighted by Crippen LogP contribution is -2.28. The summed E-state index contributed by atoms with van der Waals surface area (Å²) in [7, 11) is 0. The molecule has 1 rings (SSSR count). The second-order valence-electron chi connectivity index (χ2n) is 3.22. The van der Waals surface area contributed by atoms with Crippen LogP contribution in [0.1, 0.15) is 20.3 Å². The van der Waals surface area contributed by atoms with Gasteiger partial charge in [0, 0.05) is 12.0 Å². The summed E-state index contributed by atoms with van der Waals surface area (Å²) in [6, 6.07) is 0. The van der Waals surface area contributed by atoms with Crippen LogP contribution in [-0.2, 0) is 0 Å². The molecule has 0 bridgehead atoms. The van der Waals surface area contributed by atoms with E-state index in [4.69, 9.17) is 5.73 Å². The first-order valence-corrected chi connectivity index (χ1v) is 3.51. The van der Waals surface area contributed by atoms with Gasteiger partial charge >= 0.3 is 0 Å². The summed E-state index contributed by atoms with van der Waals surface area (Å²) >= 11 is 0. The SMILES string of the molecule is CC(O)C1(CN)CC1C. The second-order valence-corrected chi connectivity index (χ2v) is 3.22. The molecule has 0 heterocycles. The quantitative estimate of drug-likeness (QED) is 0.565. The van der Waals surface area contributed by atoms with Gasteiger partial charge in [0.05, 0.1) is 6.10 Å². The van der Waals surface area contributed by atoms with Gasteiger partial charge in [-0.3, -0.25) is 0 Å². The van der Waals surface area contributed by atoms with Crippen LogP contribution in [0.4, 0.5) is 0 Å². The van der Waals surface area contributed by atoms with Gasteiger partial charge in [0.25, 0.3) is 0 Å². The van der Waals surface area contributed by atoms with Crippen molar-refractivity contribution in [2.24, 2.45) is 17.1 Å². The lowest BCUT2D eigenvalue weighted by molar-refractivity contribution is 0.106. The third-order valence-corrected chi connectivity index (χ3v) is 2.72. The third kappa shape index (κ3) is 0.864. The van der Waals surface area contributed by atoms with Gasteiger partial charge in [0.1, 0.15) is 0 Å². The summed E-state index contributed by atoms with van der Waals surface area (Å²) < 4.78 is 0. The lowest BCUT2D eigenvalue weighted by Gasteiger charge is -2.16. The molecule has 3 N–H and O–H groups in total. The van der Waals surface area contributed by atoms with E-state index in [1.165, 1.54) is 0 Å².